The Labute approximate surface area is 152 Å². The lowest BCUT2D eigenvalue weighted by atomic mass is 9.91. The summed E-state index contributed by atoms with van der Waals surface area (Å²) in [6.07, 6.45) is 5.16. The number of hydrogen-bond acceptors (Lipinski definition) is 5. The second kappa shape index (κ2) is 7.05. The number of aromatic nitrogens is 1. The van der Waals surface area contributed by atoms with Crippen molar-refractivity contribution in [1.29, 1.82) is 0 Å². The molecule has 3 heterocycles. The van der Waals surface area contributed by atoms with E-state index in [2.05, 4.69) is 4.98 Å². The number of nitrogens with zero attached hydrogens (tertiary/aromatic N) is 2. The molecule has 1 N–H and O–H groups in total. The number of benzene rings is 1. The number of likely N-dealkylation sites (tertiary alicyclic amines) is 1. The number of carbonyl (C=O) groups is 1. The first-order valence-electron chi connectivity index (χ1n) is 8.91. The van der Waals surface area contributed by atoms with Crippen LogP contribution in [0.4, 0.5) is 0 Å². The standard InChI is InChI=1S/C20H22N2O4/c23-19(15-1-3-16(4-2-15)20(24)13-25-14-20)22-11-7-18(8-12-22)26-17-5-9-21-10-6-17/h1-6,9-10,18,24H,7-8,11-14H2. The lowest BCUT2D eigenvalue weighted by Crippen LogP contribution is -2.46. The Morgan fingerprint density at radius 3 is 2.35 bits per heavy atom. The molecule has 2 saturated heterocycles. The molecule has 2 aliphatic heterocycles. The number of pyridine rings is 1. The highest BCUT2D eigenvalue weighted by Gasteiger charge is 2.38. The molecule has 1 amide bonds. The van der Waals surface area contributed by atoms with Gasteiger partial charge in [-0.2, -0.15) is 0 Å². The summed E-state index contributed by atoms with van der Waals surface area (Å²) in [5.41, 5.74) is 0.542. The Balaban J connectivity index is 1.33. The zero-order valence-electron chi connectivity index (χ0n) is 14.5. The first-order chi connectivity index (χ1) is 12.6. The highest BCUT2D eigenvalue weighted by Crippen LogP contribution is 2.29. The predicted molar refractivity (Wildman–Crippen MR) is 94.9 cm³/mol. The summed E-state index contributed by atoms with van der Waals surface area (Å²) in [7, 11) is 0. The lowest BCUT2D eigenvalue weighted by Gasteiger charge is -2.37. The second-order valence-electron chi connectivity index (χ2n) is 6.89. The zero-order valence-corrected chi connectivity index (χ0v) is 14.5. The average molecular weight is 354 g/mol. The molecular weight excluding hydrogens is 332 g/mol. The largest absolute Gasteiger partial charge is 0.490 e. The van der Waals surface area contributed by atoms with Gasteiger partial charge in [0.15, 0.2) is 0 Å². The van der Waals surface area contributed by atoms with Crippen LogP contribution in [0.2, 0.25) is 0 Å². The minimum atomic E-state index is -0.899. The summed E-state index contributed by atoms with van der Waals surface area (Å²) in [6, 6.07) is 10.9. The molecule has 1 aromatic heterocycles. The number of ether oxygens (including phenoxy) is 2. The lowest BCUT2D eigenvalue weighted by molar-refractivity contribution is -0.184. The van der Waals surface area contributed by atoms with Crippen LogP contribution in [0.1, 0.15) is 28.8 Å². The minimum Gasteiger partial charge on any atom is -0.490 e. The number of rotatable bonds is 4. The molecule has 2 aliphatic rings. The fraction of sp³-hybridized carbons (Fsp3) is 0.400. The number of hydrogen-bond donors (Lipinski definition) is 1. The molecule has 0 spiro atoms. The van der Waals surface area contributed by atoms with Gasteiger partial charge in [-0.3, -0.25) is 9.78 Å². The Morgan fingerprint density at radius 2 is 1.77 bits per heavy atom. The van der Waals surface area contributed by atoms with Crippen LogP contribution < -0.4 is 4.74 Å². The van der Waals surface area contributed by atoms with E-state index >= 15 is 0 Å². The molecule has 0 atom stereocenters. The molecule has 2 fully saturated rings. The van der Waals surface area contributed by atoms with Crippen LogP contribution in [0.3, 0.4) is 0 Å². The Hall–Kier alpha value is -2.44. The normalized spacial score (nSPS) is 19.7. The molecule has 6 nitrogen and oxygen atoms in total. The Kier molecular flexibility index (Phi) is 4.61. The van der Waals surface area contributed by atoms with Gasteiger partial charge in [-0.05, 0) is 29.8 Å². The van der Waals surface area contributed by atoms with Crippen LogP contribution >= 0.6 is 0 Å². The van der Waals surface area contributed by atoms with Crippen molar-refractivity contribution in [3.05, 3.63) is 59.9 Å². The summed E-state index contributed by atoms with van der Waals surface area (Å²) >= 11 is 0. The Morgan fingerprint density at radius 1 is 1.12 bits per heavy atom. The van der Waals surface area contributed by atoms with Crippen LogP contribution in [0.5, 0.6) is 5.75 Å². The maximum absolute atomic E-state index is 12.7. The third-order valence-electron chi connectivity index (χ3n) is 5.03. The van der Waals surface area contributed by atoms with Crippen molar-refractivity contribution in [3.8, 4) is 5.75 Å². The van der Waals surface area contributed by atoms with Gasteiger partial charge < -0.3 is 19.5 Å². The Bertz CT molecular complexity index is 751. The van der Waals surface area contributed by atoms with E-state index in [1.165, 1.54) is 0 Å². The van der Waals surface area contributed by atoms with Crippen molar-refractivity contribution in [2.75, 3.05) is 26.3 Å². The minimum absolute atomic E-state index is 0.0239. The molecule has 0 aliphatic carbocycles. The fourth-order valence-corrected chi connectivity index (χ4v) is 3.35. The third kappa shape index (κ3) is 3.43. The van der Waals surface area contributed by atoms with Gasteiger partial charge in [0.05, 0.1) is 13.2 Å². The number of carbonyl (C=O) groups excluding carboxylic acids is 1. The molecule has 136 valence electrons. The molecule has 2 aromatic rings. The first-order valence-corrected chi connectivity index (χ1v) is 8.91. The van der Waals surface area contributed by atoms with Gasteiger partial charge in [0, 0.05) is 43.9 Å². The molecule has 0 radical (unpaired) electrons. The van der Waals surface area contributed by atoms with Gasteiger partial charge in [-0.1, -0.05) is 12.1 Å². The highest BCUT2D eigenvalue weighted by molar-refractivity contribution is 5.94. The zero-order chi connectivity index (χ0) is 18.0. The van der Waals surface area contributed by atoms with E-state index in [9.17, 15) is 9.90 Å². The van der Waals surface area contributed by atoms with E-state index in [0.29, 0.717) is 31.9 Å². The number of aliphatic hydroxyl groups is 1. The van der Waals surface area contributed by atoms with Crippen molar-refractivity contribution in [1.82, 2.24) is 9.88 Å². The molecule has 26 heavy (non-hydrogen) atoms. The SMILES string of the molecule is O=C(c1ccc(C2(O)COC2)cc1)N1CCC(Oc2ccncc2)CC1. The maximum atomic E-state index is 12.7. The van der Waals surface area contributed by atoms with Crippen LogP contribution in [0, 0.1) is 0 Å². The summed E-state index contributed by atoms with van der Waals surface area (Å²) < 4.78 is 11.0. The van der Waals surface area contributed by atoms with Gasteiger partial charge >= 0.3 is 0 Å². The highest BCUT2D eigenvalue weighted by atomic mass is 16.5. The van der Waals surface area contributed by atoms with E-state index in [4.69, 9.17) is 9.47 Å². The van der Waals surface area contributed by atoms with E-state index in [0.717, 1.165) is 24.2 Å². The molecule has 0 saturated carbocycles. The van der Waals surface area contributed by atoms with Crippen LogP contribution in [0.25, 0.3) is 0 Å². The van der Waals surface area contributed by atoms with Crippen molar-refractivity contribution in [3.63, 3.8) is 0 Å². The van der Waals surface area contributed by atoms with Crippen LogP contribution in [-0.2, 0) is 10.3 Å². The van der Waals surface area contributed by atoms with Crippen LogP contribution in [-0.4, -0.2) is 53.3 Å². The summed E-state index contributed by atoms with van der Waals surface area (Å²) in [4.78, 5) is 18.5. The third-order valence-corrected chi connectivity index (χ3v) is 5.03. The predicted octanol–water partition coefficient (Wildman–Crippen LogP) is 1.98. The molecule has 1 aromatic carbocycles. The second-order valence-corrected chi connectivity index (χ2v) is 6.89. The molecule has 4 rings (SSSR count). The van der Waals surface area contributed by atoms with E-state index < -0.39 is 5.60 Å². The van der Waals surface area contributed by atoms with Crippen molar-refractivity contribution in [2.45, 2.75) is 24.5 Å². The quantitative estimate of drug-likeness (QED) is 0.909. The maximum Gasteiger partial charge on any atom is 0.253 e. The van der Waals surface area contributed by atoms with Crippen molar-refractivity contribution in [2.24, 2.45) is 0 Å². The molecule has 0 bridgehead atoms. The molecule has 0 unspecified atom stereocenters. The van der Waals surface area contributed by atoms with E-state index in [-0.39, 0.29) is 12.0 Å². The van der Waals surface area contributed by atoms with Gasteiger partial charge in [-0.15, -0.1) is 0 Å². The monoisotopic (exact) mass is 354 g/mol. The van der Waals surface area contributed by atoms with Crippen molar-refractivity contribution < 1.29 is 19.4 Å². The first kappa shape index (κ1) is 17.0. The van der Waals surface area contributed by atoms with Gasteiger partial charge in [0.25, 0.3) is 5.91 Å². The van der Waals surface area contributed by atoms with Gasteiger partial charge in [0.2, 0.25) is 0 Å². The average Bonchev–Trinajstić information content (AvgIpc) is 2.67. The smallest absolute Gasteiger partial charge is 0.253 e. The number of amides is 1. The summed E-state index contributed by atoms with van der Waals surface area (Å²) in [5.74, 6) is 0.842. The summed E-state index contributed by atoms with van der Waals surface area (Å²) in [6.45, 7) is 1.97. The van der Waals surface area contributed by atoms with Crippen LogP contribution in [0.15, 0.2) is 48.8 Å². The summed E-state index contributed by atoms with van der Waals surface area (Å²) in [5, 5.41) is 10.3. The van der Waals surface area contributed by atoms with Crippen molar-refractivity contribution >= 4 is 5.91 Å². The molecule has 6 heteroatoms. The number of piperidine rings is 1. The molecular formula is C20H22N2O4. The van der Waals surface area contributed by atoms with E-state index in [1.54, 1.807) is 24.5 Å². The van der Waals surface area contributed by atoms with E-state index in [1.807, 2.05) is 29.2 Å². The topological polar surface area (TPSA) is 71.9 Å². The fourth-order valence-electron chi connectivity index (χ4n) is 3.35. The van der Waals surface area contributed by atoms with Gasteiger partial charge in [-0.25, -0.2) is 0 Å². The van der Waals surface area contributed by atoms with Gasteiger partial charge in [0.1, 0.15) is 17.5 Å².